The van der Waals surface area contributed by atoms with Crippen LogP contribution >= 0.6 is 0 Å². The molecule has 4 rings (SSSR count). The fourth-order valence-electron chi connectivity index (χ4n) is 3.70. The smallest absolute Gasteiger partial charge is 0.246 e. The Morgan fingerprint density at radius 1 is 1.33 bits per heavy atom. The molecule has 3 heterocycles. The molecule has 8 nitrogen and oxygen atoms in total. The first-order valence-electron chi connectivity index (χ1n) is 9.08. The van der Waals surface area contributed by atoms with Crippen LogP contribution in [0, 0.1) is 0 Å². The molecule has 0 bridgehead atoms. The van der Waals surface area contributed by atoms with Crippen molar-refractivity contribution in [1.29, 1.82) is 0 Å². The van der Waals surface area contributed by atoms with Gasteiger partial charge in [-0.2, -0.15) is 9.40 Å². The van der Waals surface area contributed by atoms with Crippen molar-refractivity contribution >= 4 is 10.0 Å². The van der Waals surface area contributed by atoms with Crippen LogP contribution < -0.4 is 10.1 Å². The summed E-state index contributed by atoms with van der Waals surface area (Å²) in [5.74, 6) is 0.685. The molecule has 0 amide bonds. The third-order valence-electron chi connectivity index (χ3n) is 5.16. The second kappa shape index (κ2) is 7.59. The Morgan fingerprint density at radius 2 is 2.19 bits per heavy atom. The van der Waals surface area contributed by atoms with Crippen LogP contribution in [-0.2, 0) is 14.8 Å². The highest BCUT2D eigenvalue weighted by Gasteiger charge is 2.36. The maximum atomic E-state index is 13.4. The topological polar surface area (TPSA) is 85.7 Å². The van der Waals surface area contributed by atoms with Gasteiger partial charge in [0.05, 0.1) is 32.0 Å². The molecule has 9 heteroatoms. The Bertz CT molecular complexity index is 892. The molecule has 2 aliphatic heterocycles. The minimum Gasteiger partial charge on any atom is -0.496 e. The maximum absolute atomic E-state index is 13.4. The first-order valence-corrected chi connectivity index (χ1v) is 10.5. The number of para-hydroxylation sites is 1. The number of nitrogens with one attached hydrogen (secondary N) is 1. The first-order chi connectivity index (χ1) is 13.1. The second-order valence-corrected chi connectivity index (χ2v) is 8.64. The van der Waals surface area contributed by atoms with E-state index in [1.54, 1.807) is 22.3 Å². The highest BCUT2D eigenvalue weighted by Crippen LogP contribution is 2.34. The molecule has 146 valence electrons. The third kappa shape index (κ3) is 3.47. The molecule has 2 unspecified atom stereocenters. The van der Waals surface area contributed by atoms with Crippen molar-refractivity contribution in [1.82, 2.24) is 19.4 Å². The summed E-state index contributed by atoms with van der Waals surface area (Å²) in [6.45, 7) is 2.78. The summed E-state index contributed by atoms with van der Waals surface area (Å²) in [4.78, 5) is 0.219. The Balaban J connectivity index is 1.66. The van der Waals surface area contributed by atoms with Crippen LogP contribution in [0.15, 0.2) is 41.6 Å². The lowest BCUT2D eigenvalue weighted by molar-refractivity contribution is 0.184. The average molecular weight is 392 g/mol. The molecular formula is C18H24N4O4S. The van der Waals surface area contributed by atoms with Gasteiger partial charge in [-0.15, -0.1) is 0 Å². The van der Waals surface area contributed by atoms with Gasteiger partial charge in [-0.25, -0.2) is 8.42 Å². The maximum Gasteiger partial charge on any atom is 0.246 e. The van der Waals surface area contributed by atoms with Gasteiger partial charge in [-0.3, -0.25) is 4.68 Å². The lowest BCUT2D eigenvalue weighted by Gasteiger charge is -2.35. The van der Waals surface area contributed by atoms with Gasteiger partial charge in [0.1, 0.15) is 10.6 Å². The fraction of sp³-hybridized carbons (Fsp3) is 0.500. The van der Waals surface area contributed by atoms with E-state index in [1.807, 2.05) is 24.3 Å². The van der Waals surface area contributed by atoms with E-state index in [1.165, 1.54) is 6.20 Å². The largest absolute Gasteiger partial charge is 0.496 e. The molecule has 2 atom stereocenters. The van der Waals surface area contributed by atoms with E-state index in [0.29, 0.717) is 38.6 Å². The third-order valence-corrected chi connectivity index (χ3v) is 7.02. The summed E-state index contributed by atoms with van der Waals surface area (Å²) in [5.41, 5.74) is 0.854. The molecule has 2 fully saturated rings. The van der Waals surface area contributed by atoms with Gasteiger partial charge in [0, 0.05) is 38.0 Å². The zero-order valence-corrected chi connectivity index (χ0v) is 16.1. The molecule has 0 spiro atoms. The highest BCUT2D eigenvalue weighted by atomic mass is 32.2. The fourth-order valence-corrected chi connectivity index (χ4v) is 5.25. The molecule has 1 N–H and O–H groups in total. The lowest BCUT2D eigenvalue weighted by atomic mass is 10.0. The second-order valence-electron chi connectivity index (χ2n) is 6.75. The van der Waals surface area contributed by atoms with Gasteiger partial charge in [0.2, 0.25) is 10.0 Å². The minimum absolute atomic E-state index is 0.0991. The van der Waals surface area contributed by atoms with Crippen molar-refractivity contribution in [2.75, 3.05) is 40.0 Å². The highest BCUT2D eigenvalue weighted by molar-refractivity contribution is 7.89. The van der Waals surface area contributed by atoms with Crippen molar-refractivity contribution in [2.24, 2.45) is 0 Å². The standard InChI is InChI=1S/C18H24N4O4S/c1-25-18-5-3-2-4-16(18)17-11-19-7-8-22(17)27(23,24)15-10-20-21(12-15)14-6-9-26-13-14/h2-5,10,12,14,17,19H,6-9,11,13H2,1H3. The van der Waals surface area contributed by atoms with Gasteiger partial charge in [-0.1, -0.05) is 18.2 Å². The molecule has 0 saturated carbocycles. The molecular weight excluding hydrogens is 368 g/mol. The number of aromatic nitrogens is 2. The average Bonchev–Trinajstić information content (AvgIpc) is 3.39. The quantitative estimate of drug-likeness (QED) is 0.823. The van der Waals surface area contributed by atoms with Gasteiger partial charge < -0.3 is 14.8 Å². The molecule has 2 aliphatic rings. The molecule has 1 aromatic heterocycles. The first kappa shape index (κ1) is 18.4. The van der Waals surface area contributed by atoms with Crippen molar-refractivity contribution in [3.8, 4) is 5.75 Å². The molecule has 2 saturated heterocycles. The number of benzene rings is 1. The van der Waals surface area contributed by atoms with Crippen LogP contribution in [0.4, 0.5) is 0 Å². The molecule has 1 aromatic carbocycles. The molecule has 27 heavy (non-hydrogen) atoms. The van der Waals surface area contributed by atoms with Crippen molar-refractivity contribution in [3.63, 3.8) is 0 Å². The zero-order valence-electron chi connectivity index (χ0n) is 15.2. The van der Waals surface area contributed by atoms with Crippen molar-refractivity contribution < 1.29 is 17.9 Å². The van der Waals surface area contributed by atoms with E-state index >= 15 is 0 Å². The van der Waals surface area contributed by atoms with Gasteiger partial charge in [0.25, 0.3) is 0 Å². The molecule has 0 radical (unpaired) electrons. The number of piperazine rings is 1. The molecule has 2 aromatic rings. The van der Waals surface area contributed by atoms with Crippen molar-refractivity contribution in [3.05, 3.63) is 42.2 Å². The lowest BCUT2D eigenvalue weighted by Crippen LogP contribution is -2.48. The number of hydrogen-bond acceptors (Lipinski definition) is 6. The number of rotatable bonds is 5. The van der Waals surface area contributed by atoms with Crippen LogP contribution in [-0.4, -0.2) is 62.5 Å². The van der Waals surface area contributed by atoms with E-state index in [2.05, 4.69) is 10.4 Å². The number of ether oxygens (including phenoxy) is 2. The van der Waals surface area contributed by atoms with Crippen LogP contribution in [0.3, 0.4) is 0 Å². The van der Waals surface area contributed by atoms with Crippen LogP contribution in [0.1, 0.15) is 24.1 Å². The van der Waals surface area contributed by atoms with Gasteiger partial charge in [0.15, 0.2) is 0 Å². The summed E-state index contributed by atoms with van der Waals surface area (Å²) in [6.07, 6.45) is 3.91. The van der Waals surface area contributed by atoms with E-state index in [4.69, 9.17) is 9.47 Å². The predicted octanol–water partition coefficient (Wildman–Crippen LogP) is 1.19. The number of methoxy groups -OCH3 is 1. The summed E-state index contributed by atoms with van der Waals surface area (Å²) >= 11 is 0. The van der Waals surface area contributed by atoms with Crippen molar-refractivity contribution in [2.45, 2.75) is 23.4 Å². The number of nitrogens with zero attached hydrogens (tertiary/aromatic N) is 3. The van der Waals surface area contributed by atoms with Gasteiger partial charge >= 0.3 is 0 Å². The van der Waals surface area contributed by atoms with Gasteiger partial charge in [-0.05, 0) is 12.5 Å². The minimum atomic E-state index is -3.68. The Labute approximate surface area is 159 Å². The molecule has 0 aliphatic carbocycles. The van der Waals surface area contributed by atoms with E-state index in [9.17, 15) is 8.42 Å². The summed E-state index contributed by atoms with van der Waals surface area (Å²) in [7, 11) is -2.08. The summed E-state index contributed by atoms with van der Waals surface area (Å²) in [6, 6.07) is 7.31. The summed E-state index contributed by atoms with van der Waals surface area (Å²) in [5, 5.41) is 7.57. The number of hydrogen-bond donors (Lipinski definition) is 1. The van der Waals surface area contributed by atoms with Crippen LogP contribution in [0.5, 0.6) is 5.75 Å². The Morgan fingerprint density at radius 3 is 2.96 bits per heavy atom. The summed E-state index contributed by atoms with van der Waals surface area (Å²) < 4.78 is 40.8. The van der Waals surface area contributed by atoms with Crippen LogP contribution in [0.25, 0.3) is 0 Å². The van der Waals surface area contributed by atoms with E-state index in [-0.39, 0.29) is 17.0 Å². The van der Waals surface area contributed by atoms with E-state index in [0.717, 1.165) is 12.0 Å². The predicted molar refractivity (Wildman–Crippen MR) is 99.2 cm³/mol. The SMILES string of the molecule is COc1ccccc1C1CNCCN1S(=O)(=O)c1cnn(C2CCOC2)c1. The van der Waals surface area contributed by atoms with Crippen LogP contribution in [0.2, 0.25) is 0 Å². The Kier molecular flexibility index (Phi) is 5.18. The zero-order chi connectivity index (χ0) is 18.9. The number of sulfonamides is 1. The monoisotopic (exact) mass is 392 g/mol. The normalized spacial score (nSPS) is 24.2. The Hall–Kier alpha value is -1.94. The van der Waals surface area contributed by atoms with E-state index < -0.39 is 10.0 Å².